The van der Waals surface area contributed by atoms with Crippen molar-refractivity contribution < 1.29 is 37.4 Å². The zero-order valence-electron chi connectivity index (χ0n) is 25.2. The van der Waals surface area contributed by atoms with E-state index in [1.807, 2.05) is 17.2 Å². The number of aromatic nitrogens is 6. The van der Waals surface area contributed by atoms with Crippen molar-refractivity contribution in [2.75, 3.05) is 31.9 Å². The second kappa shape index (κ2) is 13.8. The van der Waals surface area contributed by atoms with Gasteiger partial charge in [-0.1, -0.05) is 0 Å². The van der Waals surface area contributed by atoms with E-state index < -0.39 is 35.2 Å². The minimum atomic E-state index is -4.83. The lowest BCUT2D eigenvalue weighted by molar-refractivity contribution is -0.143. The average Bonchev–Trinajstić information content (AvgIpc) is 3.66. The van der Waals surface area contributed by atoms with Gasteiger partial charge in [-0.05, 0) is 38.1 Å². The fourth-order valence-electron chi connectivity index (χ4n) is 5.98. The number of nitriles is 1. The van der Waals surface area contributed by atoms with E-state index in [2.05, 4.69) is 36.0 Å². The zero-order chi connectivity index (χ0) is 34.6. The lowest BCUT2D eigenvalue weighted by atomic mass is 9.83. The molecule has 48 heavy (non-hydrogen) atoms. The largest absolute Gasteiger partial charge is 0.478 e. The fourth-order valence-corrected chi connectivity index (χ4v) is 5.98. The maximum Gasteiger partial charge on any atom is 0.436 e. The van der Waals surface area contributed by atoms with E-state index in [0.29, 0.717) is 61.1 Å². The van der Waals surface area contributed by atoms with Gasteiger partial charge >= 0.3 is 18.1 Å². The van der Waals surface area contributed by atoms with Crippen LogP contribution in [0.15, 0.2) is 49.2 Å². The summed E-state index contributed by atoms with van der Waals surface area (Å²) in [5.74, 6) is -3.50. The summed E-state index contributed by atoms with van der Waals surface area (Å²) in [4.78, 5) is 38.2. The summed E-state index contributed by atoms with van der Waals surface area (Å²) in [6.07, 6.45) is 4.20. The number of nitrogen functional groups attached to an aromatic ring is 1. The molecule has 0 amide bonds. The summed E-state index contributed by atoms with van der Waals surface area (Å²) in [5, 5.41) is 30.6. The molecular formula is C30H30F4N10O4. The number of pyridine rings is 1. The molecule has 0 saturated carbocycles. The predicted octanol–water partition coefficient (Wildman–Crippen LogP) is 3.26. The summed E-state index contributed by atoms with van der Waals surface area (Å²) in [5.41, 5.74) is 6.32. The standard InChI is InChI=1S/C26H26F4N10.C4H4O4/c27-20-16(1-7-33-22(20)26(28,29)30)11-38-9-3-17(4-10-38)39-13-25(14-39,5-6-31)40-12-19(23(32)37-40)21-18-2-8-34-24(18)36-15-35-21;5-3(6)1-2-4(7)8/h1-2,7-8,12,15,17H,3-5,9-11,13-14H2,(H2,32,37)(H,34,35,36);1-2H,(H,5,6)(H,7,8)/b;2-1+. The lowest BCUT2D eigenvalue weighted by Gasteiger charge is -2.53. The van der Waals surface area contributed by atoms with Crippen LogP contribution in [-0.2, 0) is 27.8 Å². The van der Waals surface area contributed by atoms with Crippen molar-refractivity contribution in [3.8, 4) is 17.3 Å². The van der Waals surface area contributed by atoms with Crippen LogP contribution in [-0.4, -0.2) is 93.9 Å². The van der Waals surface area contributed by atoms with E-state index in [4.69, 9.17) is 15.9 Å². The summed E-state index contributed by atoms with van der Waals surface area (Å²) in [6, 6.07) is 5.71. The Balaban J connectivity index is 0.000000503. The third kappa shape index (κ3) is 7.26. The zero-order valence-corrected chi connectivity index (χ0v) is 25.2. The molecule has 5 N–H and O–H groups in total. The van der Waals surface area contributed by atoms with Crippen molar-refractivity contribution in [2.45, 2.75) is 43.6 Å². The van der Waals surface area contributed by atoms with E-state index in [1.165, 1.54) is 12.4 Å². The number of piperidine rings is 1. The van der Waals surface area contributed by atoms with Gasteiger partial charge in [0, 0.05) is 67.4 Å². The highest BCUT2D eigenvalue weighted by molar-refractivity contribution is 5.93. The quantitative estimate of drug-likeness (QED) is 0.158. The van der Waals surface area contributed by atoms with Crippen LogP contribution in [0.25, 0.3) is 22.3 Å². The number of nitrogens with one attached hydrogen (secondary N) is 1. The monoisotopic (exact) mass is 670 g/mol. The first kappa shape index (κ1) is 33.9. The van der Waals surface area contributed by atoms with E-state index >= 15 is 0 Å². The van der Waals surface area contributed by atoms with Gasteiger partial charge in [0.2, 0.25) is 0 Å². The van der Waals surface area contributed by atoms with Crippen LogP contribution in [0.2, 0.25) is 0 Å². The number of nitrogens with two attached hydrogens (primary N) is 1. The van der Waals surface area contributed by atoms with Crippen molar-refractivity contribution in [1.29, 1.82) is 5.26 Å². The van der Waals surface area contributed by atoms with Crippen molar-refractivity contribution in [3.05, 3.63) is 66.3 Å². The van der Waals surface area contributed by atoms with Gasteiger partial charge in [-0.3, -0.25) is 14.5 Å². The lowest BCUT2D eigenvalue weighted by Crippen LogP contribution is -2.66. The highest BCUT2D eigenvalue weighted by atomic mass is 19.4. The van der Waals surface area contributed by atoms with Gasteiger partial charge in [0.15, 0.2) is 17.3 Å². The molecule has 4 aromatic rings. The number of carbonyl (C=O) groups is 2. The first-order valence-electron chi connectivity index (χ1n) is 14.6. The number of alkyl halides is 3. The summed E-state index contributed by atoms with van der Waals surface area (Å²) in [7, 11) is 0. The average molecular weight is 671 g/mol. The van der Waals surface area contributed by atoms with E-state index in [-0.39, 0.29) is 24.6 Å². The van der Waals surface area contributed by atoms with Gasteiger partial charge in [-0.25, -0.2) is 28.9 Å². The second-order valence-corrected chi connectivity index (χ2v) is 11.4. The van der Waals surface area contributed by atoms with Crippen LogP contribution in [0.4, 0.5) is 23.4 Å². The molecule has 2 aliphatic rings. The molecule has 2 aliphatic heterocycles. The molecule has 0 atom stereocenters. The number of hydrogen-bond acceptors (Lipinski definition) is 10. The van der Waals surface area contributed by atoms with Crippen molar-refractivity contribution in [3.63, 3.8) is 0 Å². The van der Waals surface area contributed by atoms with Crippen LogP contribution in [0.3, 0.4) is 0 Å². The fraction of sp³-hybridized carbons (Fsp3) is 0.367. The molecule has 0 aliphatic carbocycles. The van der Waals surface area contributed by atoms with Crippen LogP contribution in [0.1, 0.15) is 30.5 Å². The van der Waals surface area contributed by atoms with Gasteiger partial charge in [0.25, 0.3) is 0 Å². The van der Waals surface area contributed by atoms with Crippen LogP contribution in [0.5, 0.6) is 0 Å². The van der Waals surface area contributed by atoms with Crippen molar-refractivity contribution in [2.24, 2.45) is 0 Å². The second-order valence-electron chi connectivity index (χ2n) is 11.4. The minimum Gasteiger partial charge on any atom is -0.478 e. The summed E-state index contributed by atoms with van der Waals surface area (Å²) < 4.78 is 55.3. The number of fused-ring (bicyclic) bond motifs is 1. The minimum absolute atomic E-state index is 0.00885. The molecule has 6 rings (SSSR count). The molecule has 2 saturated heterocycles. The molecule has 252 valence electrons. The molecule has 6 heterocycles. The highest BCUT2D eigenvalue weighted by Crippen LogP contribution is 2.39. The van der Waals surface area contributed by atoms with Crippen LogP contribution in [0, 0.1) is 17.1 Å². The Bertz CT molecular complexity index is 1850. The summed E-state index contributed by atoms with van der Waals surface area (Å²) >= 11 is 0. The molecule has 14 nitrogen and oxygen atoms in total. The van der Waals surface area contributed by atoms with Gasteiger partial charge in [0.05, 0.1) is 23.7 Å². The number of aliphatic carboxylic acids is 2. The van der Waals surface area contributed by atoms with E-state index in [0.717, 1.165) is 24.4 Å². The predicted molar refractivity (Wildman–Crippen MR) is 161 cm³/mol. The normalized spacial score (nSPS) is 17.1. The summed E-state index contributed by atoms with van der Waals surface area (Å²) in [6.45, 7) is 2.56. The Morgan fingerprint density at radius 3 is 2.44 bits per heavy atom. The van der Waals surface area contributed by atoms with Crippen molar-refractivity contribution >= 4 is 28.8 Å². The Kier molecular flexibility index (Phi) is 9.72. The van der Waals surface area contributed by atoms with Crippen molar-refractivity contribution in [1.82, 2.24) is 39.5 Å². The van der Waals surface area contributed by atoms with Gasteiger partial charge in [-0.2, -0.15) is 23.5 Å². The molecule has 0 aromatic carbocycles. The molecular weight excluding hydrogens is 640 g/mol. The van der Waals surface area contributed by atoms with E-state index in [9.17, 15) is 32.4 Å². The Hall–Kier alpha value is -5.41. The molecule has 18 heteroatoms. The van der Waals surface area contributed by atoms with Gasteiger partial charge < -0.3 is 20.9 Å². The number of carboxylic acids is 2. The third-order valence-corrected chi connectivity index (χ3v) is 8.31. The third-order valence-electron chi connectivity index (χ3n) is 8.31. The molecule has 0 unspecified atom stereocenters. The van der Waals surface area contributed by atoms with Crippen LogP contribution >= 0.6 is 0 Å². The Labute approximate surface area is 270 Å². The number of halogens is 4. The first-order valence-corrected chi connectivity index (χ1v) is 14.6. The topological polar surface area (TPSA) is 203 Å². The number of likely N-dealkylation sites (tertiary alicyclic amines) is 2. The number of carboxylic acid groups (broad SMARTS) is 2. The Morgan fingerprint density at radius 2 is 1.81 bits per heavy atom. The Morgan fingerprint density at radius 1 is 1.12 bits per heavy atom. The molecule has 0 bridgehead atoms. The van der Waals surface area contributed by atoms with Gasteiger partial charge in [0.1, 0.15) is 17.5 Å². The number of H-pyrrole nitrogens is 1. The number of rotatable bonds is 8. The number of anilines is 1. The molecule has 0 spiro atoms. The SMILES string of the molecule is N#CCC1(n2cc(-c3ncnc4[nH]ccc34)c(N)n2)CN(C2CCN(Cc3ccnc(C(F)(F)F)c3F)CC2)C1.O=C(O)/C=C/C(=O)O. The van der Waals surface area contributed by atoms with Crippen LogP contribution < -0.4 is 5.73 Å². The smallest absolute Gasteiger partial charge is 0.436 e. The first-order chi connectivity index (χ1) is 22.8. The molecule has 0 radical (unpaired) electrons. The van der Waals surface area contributed by atoms with Gasteiger partial charge in [-0.15, -0.1) is 0 Å². The maximum absolute atomic E-state index is 14.4. The molecule has 2 fully saturated rings. The maximum atomic E-state index is 14.4. The van der Waals surface area contributed by atoms with E-state index in [1.54, 1.807) is 10.9 Å². The molecule has 4 aromatic heterocycles. The number of aromatic amines is 1. The number of nitrogens with zero attached hydrogens (tertiary/aromatic N) is 8. The highest BCUT2D eigenvalue weighted by Gasteiger charge is 2.48. The number of hydrogen-bond donors (Lipinski definition) is 4.